The summed E-state index contributed by atoms with van der Waals surface area (Å²) in [7, 11) is -2.35. The topological polar surface area (TPSA) is 71.1 Å². The minimum atomic E-state index is -3.60. The van der Waals surface area contributed by atoms with Crippen LogP contribution in [0.5, 0.6) is 0 Å². The molecule has 0 aliphatic heterocycles. The van der Waals surface area contributed by atoms with Crippen LogP contribution in [-0.4, -0.2) is 20.4 Å². The molecule has 0 saturated heterocycles. The first-order chi connectivity index (χ1) is 6.03. The van der Waals surface area contributed by atoms with Crippen molar-refractivity contribution in [2.24, 2.45) is 0 Å². The van der Waals surface area contributed by atoms with Crippen LogP contribution >= 0.6 is 0 Å². The molecule has 0 bridgehead atoms. The molecule has 1 heterocycles. The van der Waals surface area contributed by atoms with Gasteiger partial charge in [0.15, 0.2) is 0 Å². The zero-order valence-corrected chi connectivity index (χ0v) is 7.60. The van der Waals surface area contributed by atoms with Crippen LogP contribution in [0.1, 0.15) is 0 Å². The number of hydrogen-bond acceptors (Lipinski definition) is 3. The SMILES string of the molecule is CNS(=O)(=O)Nc1cncc(F)c1. The summed E-state index contributed by atoms with van der Waals surface area (Å²) in [5.74, 6) is -0.601. The van der Waals surface area contributed by atoms with E-state index in [2.05, 4.69) is 9.71 Å². The molecule has 0 radical (unpaired) electrons. The highest BCUT2D eigenvalue weighted by atomic mass is 32.2. The Morgan fingerprint density at radius 1 is 1.46 bits per heavy atom. The van der Waals surface area contributed by atoms with Gasteiger partial charge in [-0.05, 0) is 0 Å². The fourth-order valence-corrected chi connectivity index (χ4v) is 1.20. The number of nitrogens with zero attached hydrogens (tertiary/aromatic N) is 1. The van der Waals surface area contributed by atoms with Gasteiger partial charge in [-0.3, -0.25) is 9.71 Å². The van der Waals surface area contributed by atoms with Gasteiger partial charge in [0.05, 0.1) is 18.1 Å². The van der Waals surface area contributed by atoms with Crippen LogP contribution in [-0.2, 0) is 10.2 Å². The molecule has 1 rings (SSSR count). The van der Waals surface area contributed by atoms with Crippen molar-refractivity contribution in [1.82, 2.24) is 9.71 Å². The average Bonchev–Trinajstić information content (AvgIpc) is 2.03. The van der Waals surface area contributed by atoms with E-state index in [4.69, 9.17) is 0 Å². The van der Waals surface area contributed by atoms with Crippen LogP contribution in [0.25, 0.3) is 0 Å². The molecule has 0 aliphatic carbocycles. The maximum Gasteiger partial charge on any atom is 0.298 e. The van der Waals surface area contributed by atoms with E-state index in [-0.39, 0.29) is 5.69 Å². The largest absolute Gasteiger partial charge is 0.298 e. The van der Waals surface area contributed by atoms with Crippen molar-refractivity contribution in [3.05, 3.63) is 24.3 Å². The molecule has 13 heavy (non-hydrogen) atoms. The summed E-state index contributed by atoms with van der Waals surface area (Å²) in [6.45, 7) is 0. The van der Waals surface area contributed by atoms with Crippen LogP contribution in [0.2, 0.25) is 0 Å². The molecule has 0 saturated carbocycles. The first kappa shape index (κ1) is 9.87. The first-order valence-corrected chi connectivity index (χ1v) is 4.83. The lowest BCUT2D eigenvalue weighted by molar-refractivity contribution is 0.593. The van der Waals surface area contributed by atoms with Gasteiger partial charge in [0.1, 0.15) is 5.82 Å². The Labute approximate surface area is 75.2 Å². The van der Waals surface area contributed by atoms with Crippen LogP contribution in [0.4, 0.5) is 10.1 Å². The zero-order valence-electron chi connectivity index (χ0n) is 6.78. The molecular formula is C6H8FN3O2S. The van der Waals surface area contributed by atoms with Crippen LogP contribution in [0.3, 0.4) is 0 Å². The minimum Gasteiger partial charge on any atom is -0.269 e. The summed E-state index contributed by atoms with van der Waals surface area (Å²) in [4.78, 5) is 3.47. The Bertz CT molecular complexity index is 393. The maximum atomic E-state index is 12.5. The smallest absolute Gasteiger partial charge is 0.269 e. The molecule has 1 aromatic rings. The number of hydrogen-bond donors (Lipinski definition) is 2. The van der Waals surface area contributed by atoms with Gasteiger partial charge in [0.25, 0.3) is 10.2 Å². The molecule has 0 fully saturated rings. The van der Waals surface area contributed by atoms with Gasteiger partial charge in [-0.1, -0.05) is 0 Å². The molecule has 0 aliphatic rings. The van der Waals surface area contributed by atoms with E-state index in [0.717, 1.165) is 12.3 Å². The fraction of sp³-hybridized carbons (Fsp3) is 0.167. The fourth-order valence-electron chi connectivity index (χ4n) is 0.674. The Morgan fingerprint density at radius 3 is 2.69 bits per heavy atom. The predicted octanol–water partition coefficient (Wildman–Crippen LogP) is 0.0968. The van der Waals surface area contributed by atoms with E-state index in [1.54, 1.807) is 0 Å². The van der Waals surface area contributed by atoms with Gasteiger partial charge in [0, 0.05) is 13.1 Å². The molecule has 0 spiro atoms. The third-order valence-corrected chi connectivity index (χ3v) is 2.27. The maximum absolute atomic E-state index is 12.5. The molecule has 0 atom stereocenters. The molecular weight excluding hydrogens is 197 g/mol. The highest BCUT2D eigenvalue weighted by molar-refractivity contribution is 7.90. The zero-order chi connectivity index (χ0) is 9.90. The molecule has 0 amide bonds. The van der Waals surface area contributed by atoms with Gasteiger partial charge < -0.3 is 0 Å². The number of pyridine rings is 1. The van der Waals surface area contributed by atoms with Crippen LogP contribution < -0.4 is 9.44 Å². The molecule has 5 nitrogen and oxygen atoms in total. The number of anilines is 1. The number of halogens is 1. The quantitative estimate of drug-likeness (QED) is 0.735. The summed E-state index contributed by atoms with van der Waals surface area (Å²) < 4.78 is 38.4. The lowest BCUT2D eigenvalue weighted by Crippen LogP contribution is -2.26. The van der Waals surface area contributed by atoms with Crippen molar-refractivity contribution in [3.63, 3.8) is 0 Å². The standard InChI is InChI=1S/C6H8FN3O2S/c1-8-13(11,12)10-6-2-5(7)3-9-4-6/h2-4,8,10H,1H3. The summed E-state index contributed by atoms with van der Waals surface area (Å²) in [5, 5.41) is 0. The molecule has 0 unspecified atom stereocenters. The van der Waals surface area contributed by atoms with E-state index in [9.17, 15) is 12.8 Å². The van der Waals surface area contributed by atoms with Crippen LogP contribution in [0.15, 0.2) is 18.5 Å². The highest BCUT2D eigenvalue weighted by Crippen LogP contribution is 2.07. The second-order valence-corrected chi connectivity index (χ2v) is 3.82. The third kappa shape index (κ3) is 2.96. The highest BCUT2D eigenvalue weighted by Gasteiger charge is 2.06. The van der Waals surface area contributed by atoms with E-state index in [0.29, 0.717) is 0 Å². The number of nitrogens with one attached hydrogen (secondary N) is 2. The third-order valence-electron chi connectivity index (χ3n) is 1.23. The van der Waals surface area contributed by atoms with Crippen LogP contribution in [0, 0.1) is 5.82 Å². The van der Waals surface area contributed by atoms with E-state index < -0.39 is 16.0 Å². The first-order valence-electron chi connectivity index (χ1n) is 3.35. The second-order valence-electron chi connectivity index (χ2n) is 2.20. The van der Waals surface area contributed by atoms with Gasteiger partial charge in [-0.15, -0.1) is 0 Å². The molecule has 1 aromatic heterocycles. The number of rotatable bonds is 3. The number of aromatic nitrogens is 1. The molecule has 72 valence electrons. The summed E-state index contributed by atoms with van der Waals surface area (Å²) in [5.41, 5.74) is 0.0781. The van der Waals surface area contributed by atoms with Gasteiger partial charge >= 0.3 is 0 Å². The van der Waals surface area contributed by atoms with E-state index in [1.807, 2.05) is 4.72 Å². The Hall–Kier alpha value is -1.21. The predicted molar refractivity (Wildman–Crippen MR) is 45.8 cm³/mol. The monoisotopic (exact) mass is 205 g/mol. The molecule has 2 N–H and O–H groups in total. The van der Waals surface area contributed by atoms with E-state index in [1.165, 1.54) is 13.2 Å². The van der Waals surface area contributed by atoms with Crippen molar-refractivity contribution in [2.75, 3.05) is 11.8 Å². The van der Waals surface area contributed by atoms with E-state index >= 15 is 0 Å². The Balaban J connectivity index is 2.87. The van der Waals surface area contributed by atoms with Crippen molar-refractivity contribution in [3.8, 4) is 0 Å². The Kier molecular flexibility index (Phi) is 2.79. The van der Waals surface area contributed by atoms with Crippen molar-refractivity contribution in [2.45, 2.75) is 0 Å². The molecule has 7 heteroatoms. The normalized spacial score (nSPS) is 11.2. The summed E-state index contributed by atoms with van der Waals surface area (Å²) in [6.07, 6.45) is 2.19. The van der Waals surface area contributed by atoms with Gasteiger partial charge in [-0.25, -0.2) is 9.11 Å². The van der Waals surface area contributed by atoms with Gasteiger partial charge in [0.2, 0.25) is 0 Å². The lowest BCUT2D eigenvalue weighted by Gasteiger charge is -2.04. The van der Waals surface area contributed by atoms with Crippen molar-refractivity contribution >= 4 is 15.9 Å². The minimum absolute atomic E-state index is 0.0781. The summed E-state index contributed by atoms with van der Waals surface area (Å²) in [6, 6.07) is 1.03. The second kappa shape index (κ2) is 3.67. The Morgan fingerprint density at radius 2 is 2.15 bits per heavy atom. The van der Waals surface area contributed by atoms with Crippen molar-refractivity contribution < 1.29 is 12.8 Å². The molecule has 0 aromatic carbocycles. The van der Waals surface area contributed by atoms with Crippen molar-refractivity contribution in [1.29, 1.82) is 0 Å². The summed E-state index contributed by atoms with van der Waals surface area (Å²) >= 11 is 0. The average molecular weight is 205 g/mol. The van der Waals surface area contributed by atoms with Gasteiger partial charge in [-0.2, -0.15) is 8.42 Å². The lowest BCUT2D eigenvalue weighted by atomic mass is 10.4.